The molecular formula is C108H224O4Si4. The zero-order valence-corrected chi connectivity index (χ0v) is 86.3. The summed E-state index contributed by atoms with van der Waals surface area (Å²) in [5.41, 5.74) is 0. The molecule has 1 fully saturated rings. The van der Waals surface area contributed by atoms with E-state index < -0.39 is 34.2 Å². The molecule has 1 aliphatic rings. The Balaban J connectivity index is 2.82. The molecule has 8 heteroatoms. The van der Waals surface area contributed by atoms with Gasteiger partial charge in [0.05, 0.1) is 0 Å². The van der Waals surface area contributed by atoms with E-state index >= 15 is 0 Å². The van der Waals surface area contributed by atoms with E-state index in [1.807, 2.05) is 0 Å². The predicted octanol–water partition coefficient (Wildman–Crippen LogP) is 41.9. The molecule has 0 bridgehead atoms. The highest BCUT2D eigenvalue weighted by atomic mass is 28.5. The highest BCUT2D eigenvalue weighted by Gasteiger charge is 2.56. The monoisotopic (exact) mass is 1700 g/mol. The van der Waals surface area contributed by atoms with Gasteiger partial charge in [-0.25, -0.2) is 0 Å². The van der Waals surface area contributed by atoms with Gasteiger partial charge in [0.15, 0.2) is 0 Å². The third-order valence-electron chi connectivity index (χ3n) is 27.7. The Bertz CT molecular complexity index is 1570. The normalized spacial score (nSPS) is 18.0. The molecule has 116 heavy (non-hydrogen) atoms. The lowest BCUT2D eigenvalue weighted by atomic mass is 10.0. The van der Waals surface area contributed by atoms with Crippen molar-refractivity contribution < 1.29 is 16.5 Å². The Hall–Kier alpha value is 0.708. The van der Waals surface area contributed by atoms with Crippen LogP contribution in [0.4, 0.5) is 0 Å². The van der Waals surface area contributed by atoms with E-state index in [2.05, 4.69) is 53.9 Å². The highest BCUT2D eigenvalue weighted by Crippen LogP contribution is 2.41. The Kier molecular flexibility index (Phi) is 90.9. The summed E-state index contributed by atoms with van der Waals surface area (Å²) in [4.78, 5) is 0. The Morgan fingerprint density at radius 1 is 0.0948 bits per heavy atom. The molecule has 0 N–H and O–H groups in total. The average molecular weight is 1700 g/mol. The van der Waals surface area contributed by atoms with Gasteiger partial charge < -0.3 is 16.5 Å². The summed E-state index contributed by atoms with van der Waals surface area (Å²) in [5.74, 6) is 0. The smallest absolute Gasteiger partial charge is 0.317 e. The molecule has 1 aliphatic heterocycles. The second-order valence-corrected chi connectivity index (χ2v) is 54.8. The van der Waals surface area contributed by atoms with Gasteiger partial charge in [-0.3, -0.25) is 0 Å². The lowest BCUT2D eigenvalue weighted by molar-refractivity contribution is 0.219. The summed E-state index contributed by atoms with van der Waals surface area (Å²) >= 11 is 0. The van der Waals surface area contributed by atoms with Crippen LogP contribution in [0.2, 0.25) is 50.4 Å². The fraction of sp³-hybridized carbons (Fsp3) is 1.00. The number of hydrogen-bond acceptors (Lipinski definition) is 4. The van der Waals surface area contributed by atoms with Crippen LogP contribution >= 0.6 is 0 Å². The van der Waals surface area contributed by atoms with Crippen LogP contribution in [-0.2, 0) is 16.5 Å². The molecule has 0 aromatic heterocycles. The molecule has 1 rings (SSSR count). The molecule has 0 spiro atoms. The summed E-state index contributed by atoms with van der Waals surface area (Å²) in [6, 6.07) is 4.45. The van der Waals surface area contributed by atoms with Crippen molar-refractivity contribution in [1.29, 1.82) is 0 Å². The first kappa shape index (κ1) is 115. The van der Waals surface area contributed by atoms with Gasteiger partial charge in [-0.15, -0.1) is 0 Å². The van der Waals surface area contributed by atoms with Crippen molar-refractivity contribution in [3.05, 3.63) is 0 Å². The van der Waals surface area contributed by atoms with Crippen LogP contribution < -0.4 is 0 Å². The second kappa shape index (κ2) is 91.9. The summed E-state index contributed by atoms with van der Waals surface area (Å²) in [5, 5.41) is 0. The van der Waals surface area contributed by atoms with Gasteiger partial charge in [-0.05, 0) is 50.4 Å². The quantitative estimate of drug-likeness (QED) is 0.0449. The van der Waals surface area contributed by atoms with Gasteiger partial charge in [-0.2, -0.15) is 0 Å². The van der Waals surface area contributed by atoms with Crippen molar-refractivity contribution in [2.75, 3.05) is 0 Å². The lowest BCUT2D eigenvalue weighted by Crippen LogP contribution is -2.67. The summed E-state index contributed by atoms with van der Waals surface area (Å²) in [6.45, 7) is 19.3. The molecule has 0 unspecified atom stereocenters. The maximum absolute atomic E-state index is 7.90. The highest BCUT2D eigenvalue weighted by molar-refractivity contribution is 6.93. The number of unbranched alkanes of at least 4 members (excludes halogenated alkanes) is 92. The molecular weight excluding hydrogens is 1470 g/mol. The maximum Gasteiger partial charge on any atom is 0.317 e. The largest absolute Gasteiger partial charge is 0.416 e. The topological polar surface area (TPSA) is 36.9 Å². The molecule has 0 saturated carbocycles. The number of rotatable bonds is 100. The third kappa shape index (κ3) is 84.2. The summed E-state index contributed by atoms with van der Waals surface area (Å²) in [6.07, 6.45) is 138. The Morgan fingerprint density at radius 3 is 0.224 bits per heavy atom. The van der Waals surface area contributed by atoms with Gasteiger partial charge in [0.2, 0.25) is 0 Å². The average Bonchev–Trinajstić information content (AvgIpc) is 0.768. The minimum atomic E-state index is -2.60. The standard InChI is InChI=1S/C108H224O4Si4/c1-9-13-17-21-25-29-33-37-41-45-49-53-57-61-65-69-73-77-81-85-89-93-97-101-105-113(5)109-114(6,106-102-98-94-90-86-82-78-74-70-66-62-58-54-50-46-42-38-34-30-26-22-18-14-10-2)111-116(8,108-104-100-96-92-88-84-80-76-72-68-64-60-56-52-48-44-40-36-32-28-24-20-16-12-4)112-115(7,110-113)107-103-99-95-91-87-83-79-75-71-67-63-59-55-51-47-43-39-35-31-27-23-19-15-11-3/h9-108H2,1-8H3. The first-order chi connectivity index (χ1) is 57.1. The lowest BCUT2D eigenvalue weighted by Gasteiger charge is -2.50. The van der Waals surface area contributed by atoms with Gasteiger partial charge >= 0.3 is 34.2 Å². The third-order valence-corrected chi connectivity index (χ3v) is 46.5. The molecule has 0 aromatic rings. The van der Waals surface area contributed by atoms with Crippen LogP contribution in [0.5, 0.6) is 0 Å². The van der Waals surface area contributed by atoms with E-state index in [1.165, 1.54) is 616 Å². The van der Waals surface area contributed by atoms with Crippen molar-refractivity contribution in [1.82, 2.24) is 0 Å². The minimum Gasteiger partial charge on any atom is -0.416 e. The molecule has 0 radical (unpaired) electrons. The molecule has 4 nitrogen and oxygen atoms in total. The predicted molar refractivity (Wildman–Crippen MR) is 536 cm³/mol. The molecule has 1 saturated heterocycles. The SMILES string of the molecule is CCCCCCCCCCCCCCCCCCCCCCCCCC[Si]1(C)O[Si](C)(CCCCCCCCCCCCCCCCCCCCCCCCCC)O[Si](C)(CCCCCCCCCCCCCCCCCCCCCCCCCC)O[Si](C)(CCCCCCCCCCCCCCCCCCCCCCCCCC)O1. The van der Waals surface area contributed by atoms with E-state index in [0.717, 1.165) is 24.2 Å². The Labute approximate surface area is 740 Å². The van der Waals surface area contributed by atoms with Crippen LogP contribution in [0.25, 0.3) is 0 Å². The van der Waals surface area contributed by atoms with E-state index in [9.17, 15) is 0 Å². The van der Waals surface area contributed by atoms with E-state index in [1.54, 1.807) is 0 Å². The molecule has 0 aliphatic carbocycles. The Morgan fingerprint density at radius 2 is 0.155 bits per heavy atom. The fourth-order valence-corrected chi connectivity index (χ4v) is 43.6. The molecule has 0 amide bonds. The van der Waals surface area contributed by atoms with Crippen LogP contribution in [0.15, 0.2) is 0 Å². The zero-order chi connectivity index (χ0) is 83.5. The van der Waals surface area contributed by atoms with Crippen LogP contribution in [0.1, 0.15) is 644 Å². The van der Waals surface area contributed by atoms with Crippen LogP contribution in [0, 0.1) is 0 Å². The minimum absolute atomic E-state index is 1.11. The van der Waals surface area contributed by atoms with E-state index in [4.69, 9.17) is 16.5 Å². The second-order valence-electron chi connectivity index (χ2n) is 40.5. The van der Waals surface area contributed by atoms with Crippen molar-refractivity contribution in [2.45, 2.75) is 694 Å². The van der Waals surface area contributed by atoms with Gasteiger partial charge in [0, 0.05) is 0 Å². The van der Waals surface area contributed by atoms with Gasteiger partial charge in [-0.1, -0.05) is 644 Å². The van der Waals surface area contributed by atoms with E-state index in [0.29, 0.717) is 0 Å². The molecule has 0 aromatic carbocycles. The first-order valence-electron chi connectivity index (χ1n) is 55.9. The summed E-state index contributed by atoms with van der Waals surface area (Å²) < 4.78 is 31.6. The van der Waals surface area contributed by atoms with Crippen molar-refractivity contribution in [3.63, 3.8) is 0 Å². The molecule has 696 valence electrons. The van der Waals surface area contributed by atoms with Crippen LogP contribution in [-0.4, -0.2) is 34.2 Å². The number of hydrogen-bond donors (Lipinski definition) is 0. The van der Waals surface area contributed by atoms with Crippen molar-refractivity contribution in [3.8, 4) is 0 Å². The summed E-state index contributed by atoms with van der Waals surface area (Å²) in [7, 11) is -10.4. The van der Waals surface area contributed by atoms with Crippen LogP contribution in [0.3, 0.4) is 0 Å². The molecule has 0 atom stereocenters. The fourth-order valence-electron chi connectivity index (χ4n) is 20.0. The zero-order valence-electron chi connectivity index (χ0n) is 82.3. The van der Waals surface area contributed by atoms with Crippen molar-refractivity contribution >= 4 is 34.2 Å². The maximum atomic E-state index is 7.90. The van der Waals surface area contributed by atoms with E-state index in [-0.39, 0.29) is 0 Å². The molecule has 1 heterocycles. The van der Waals surface area contributed by atoms with Gasteiger partial charge in [0.1, 0.15) is 0 Å². The van der Waals surface area contributed by atoms with Gasteiger partial charge in [0.25, 0.3) is 0 Å². The first-order valence-corrected chi connectivity index (χ1v) is 66.0. The van der Waals surface area contributed by atoms with Crippen molar-refractivity contribution in [2.24, 2.45) is 0 Å².